The van der Waals surface area contributed by atoms with Crippen molar-refractivity contribution in [2.45, 2.75) is 65.6 Å². The topological polar surface area (TPSA) is 64.7 Å². The van der Waals surface area contributed by atoms with Crippen molar-refractivity contribution in [3.63, 3.8) is 0 Å². The maximum absolute atomic E-state index is 12.7. The first-order valence-corrected chi connectivity index (χ1v) is 10.8. The highest BCUT2D eigenvalue weighted by atomic mass is 35.5. The lowest BCUT2D eigenvalue weighted by atomic mass is 10.1. The zero-order chi connectivity index (χ0) is 20.5. The summed E-state index contributed by atoms with van der Waals surface area (Å²) >= 11 is 6.28. The quantitative estimate of drug-likeness (QED) is 0.672. The first-order chi connectivity index (χ1) is 13.9. The van der Waals surface area contributed by atoms with Gasteiger partial charge in [0.15, 0.2) is 0 Å². The van der Waals surface area contributed by atoms with Gasteiger partial charge < -0.3 is 5.32 Å². The minimum Gasteiger partial charge on any atom is -0.382 e. The van der Waals surface area contributed by atoms with Crippen molar-refractivity contribution in [1.29, 1.82) is 0 Å². The predicted octanol–water partition coefficient (Wildman–Crippen LogP) is 4.42. The molecule has 1 aliphatic rings. The molecule has 3 aromatic rings. The van der Waals surface area contributed by atoms with Crippen LogP contribution in [0.4, 0.5) is 5.69 Å². The lowest BCUT2D eigenvalue weighted by Crippen LogP contribution is -2.27. The summed E-state index contributed by atoms with van der Waals surface area (Å²) in [7, 11) is 0. The molecular weight excluding hydrogens is 386 g/mol. The second-order valence-corrected chi connectivity index (χ2v) is 8.84. The van der Waals surface area contributed by atoms with Gasteiger partial charge in [0.2, 0.25) is 0 Å². The van der Waals surface area contributed by atoms with Crippen LogP contribution < -0.4 is 11.0 Å². The average Bonchev–Trinajstić information content (AvgIpc) is 2.83. The summed E-state index contributed by atoms with van der Waals surface area (Å²) in [5, 5.41) is 10.0. The van der Waals surface area contributed by atoms with Crippen LogP contribution >= 0.6 is 11.6 Å². The van der Waals surface area contributed by atoms with E-state index in [0.29, 0.717) is 24.0 Å². The third kappa shape index (κ3) is 4.17. The Balaban J connectivity index is 1.52. The summed E-state index contributed by atoms with van der Waals surface area (Å²) in [5.74, 6) is 1.46. The fourth-order valence-electron chi connectivity index (χ4n) is 4.03. The molecule has 0 bridgehead atoms. The second-order valence-electron chi connectivity index (χ2n) is 8.40. The molecule has 154 valence electrons. The molecule has 6 nitrogen and oxygen atoms in total. The Hall–Kier alpha value is -2.34. The highest BCUT2D eigenvalue weighted by Crippen LogP contribution is 2.29. The van der Waals surface area contributed by atoms with E-state index in [2.05, 4.69) is 29.2 Å². The monoisotopic (exact) mass is 413 g/mol. The highest BCUT2D eigenvalue weighted by Gasteiger charge is 2.21. The van der Waals surface area contributed by atoms with Crippen LogP contribution in [0.15, 0.2) is 29.2 Å². The maximum Gasteiger partial charge on any atom is 0.345 e. The van der Waals surface area contributed by atoms with Crippen molar-refractivity contribution in [3.05, 3.63) is 51.3 Å². The smallest absolute Gasteiger partial charge is 0.345 e. The molecule has 4 rings (SSSR count). The van der Waals surface area contributed by atoms with Gasteiger partial charge in [-0.05, 0) is 55.9 Å². The van der Waals surface area contributed by atoms with Crippen molar-refractivity contribution in [2.75, 3.05) is 5.32 Å². The van der Waals surface area contributed by atoms with Gasteiger partial charge in [-0.1, -0.05) is 25.4 Å². The van der Waals surface area contributed by atoms with E-state index < -0.39 is 0 Å². The molecule has 0 aliphatic carbocycles. The molecule has 0 radical (unpaired) electrons. The summed E-state index contributed by atoms with van der Waals surface area (Å²) < 4.78 is 3.50. The molecule has 0 amide bonds. The minimum atomic E-state index is 0.0260. The molecular formula is C22H28ClN5O. The zero-order valence-corrected chi connectivity index (χ0v) is 18.0. The fourth-order valence-corrected chi connectivity index (χ4v) is 4.31. The van der Waals surface area contributed by atoms with E-state index in [0.717, 1.165) is 53.7 Å². The van der Waals surface area contributed by atoms with Gasteiger partial charge in [0.1, 0.15) is 5.82 Å². The van der Waals surface area contributed by atoms with Crippen LogP contribution in [0.25, 0.3) is 10.9 Å². The van der Waals surface area contributed by atoms with Gasteiger partial charge in [-0.3, -0.25) is 9.55 Å². The summed E-state index contributed by atoms with van der Waals surface area (Å²) in [6.07, 6.45) is 5.42. The number of benzene rings is 1. The summed E-state index contributed by atoms with van der Waals surface area (Å²) in [5.41, 5.74) is 3.10. The first kappa shape index (κ1) is 20.0. The van der Waals surface area contributed by atoms with Crippen LogP contribution in [0.2, 0.25) is 5.02 Å². The third-order valence-corrected chi connectivity index (χ3v) is 5.91. The van der Waals surface area contributed by atoms with E-state index in [1.54, 1.807) is 4.68 Å². The summed E-state index contributed by atoms with van der Waals surface area (Å²) in [6.45, 7) is 7.75. The number of halogens is 1. The van der Waals surface area contributed by atoms with Crippen molar-refractivity contribution in [3.8, 4) is 0 Å². The maximum atomic E-state index is 12.7. The Morgan fingerprint density at radius 1 is 1.31 bits per heavy atom. The number of nitrogens with zero attached hydrogens (tertiary/aromatic N) is 4. The molecule has 1 N–H and O–H groups in total. The highest BCUT2D eigenvalue weighted by molar-refractivity contribution is 6.31. The van der Waals surface area contributed by atoms with Gasteiger partial charge in [0.25, 0.3) is 0 Å². The van der Waals surface area contributed by atoms with Gasteiger partial charge >= 0.3 is 5.69 Å². The molecule has 1 aromatic carbocycles. The van der Waals surface area contributed by atoms with E-state index in [1.165, 1.54) is 0 Å². The molecule has 1 atom stereocenters. The second kappa shape index (κ2) is 8.19. The molecule has 29 heavy (non-hydrogen) atoms. The molecule has 1 aliphatic heterocycles. The van der Waals surface area contributed by atoms with Crippen LogP contribution in [0.1, 0.15) is 44.5 Å². The van der Waals surface area contributed by atoms with Gasteiger partial charge in [0.05, 0.1) is 5.52 Å². The molecule has 3 heterocycles. The van der Waals surface area contributed by atoms with Crippen molar-refractivity contribution < 1.29 is 0 Å². The van der Waals surface area contributed by atoms with Crippen LogP contribution in [-0.2, 0) is 19.5 Å². The van der Waals surface area contributed by atoms with E-state index in [-0.39, 0.29) is 11.7 Å². The van der Waals surface area contributed by atoms with Crippen molar-refractivity contribution >= 4 is 28.2 Å². The molecule has 1 unspecified atom stereocenters. The number of nitrogens with one attached hydrogen (secondary N) is 1. The van der Waals surface area contributed by atoms with E-state index in [9.17, 15) is 4.79 Å². The number of pyridine rings is 1. The normalized spacial score (nSPS) is 16.8. The Bertz CT molecular complexity index is 1080. The van der Waals surface area contributed by atoms with E-state index in [4.69, 9.17) is 11.6 Å². The Kier molecular flexibility index (Phi) is 5.63. The lowest BCUT2D eigenvalue weighted by molar-refractivity contribution is 0.466. The fraction of sp³-hybridized carbons (Fsp3) is 0.500. The third-order valence-electron chi connectivity index (χ3n) is 5.70. The summed E-state index contributed by atoms with van der Waals surface area (Å²) in [4.78, 5) is 17.2. The number of hydrogen-bond acceptors (Lipinski definition) is 4. The Morgan fingerprint density at radius 3 is 2.93 bits per heavy atom. The number of hydrogen-bond donors (Lipinski definition) is 1. The summed E-state index contributed by atoms with van der Waals surface area (Å²) in [6, 6.07) is 6.18. The van der Waals surface area contributed by atoms with Crippen LogP contribution in [0, 0.1) is 12.8 Å². The number of fused-ring (bicyclic) bond motifs is 2. The predicted molar refractivity (Wildman–Crippen MR) is 118 cm³/mol. The van der Waals surface area contributed by atoms with Crippen LogP contribution in [0.5, 0.6) is 0 Å². The lowest BCUT2D eigenvalue weighted by Gasteiger charge is -2.19. The SMILES string of the molecule is Cc1cc(Cl)cc2c(NC3CCc4nn(CCC(C)C)c(=O)n4CC3)ccnc12. The first-order valence-electron chi connectivity index (χ1n) is 10.4. The average molecular weight is 414 g/mol. The number of anilines is 1. The van der Waals surface area contributed by atoms with Crippen LogP contribution in [-0.4, -0.2) is 25.4 Å². The minimum absolute atomic E-state index is 0.0260. The number of aryl methyl sites for hydroxylation is 3. The molecule has 0 saturated heterocycles. The Morgan fingerprint density at radius 2 is 2.14 bits per heavy atom. The standard InChI is InChI=1S/C22H28ClN5O/c1-14(2)7-11-28-22(29)27-10-8-17(4-5-20(27)26-28)25-19-6-9-24-21-15(3)12-16(23)13-18(19)21/h6,9,12-14,17H,4-5,7-8,10-11H2,1-3H3,(H,24,25). The van der Waals surface area contributed by atoms with Crippen molar-refractivity contribution in [1.82, 2.24) is 19.3 Å². The number of rotatable bonds is 5. The van der Waals surface area contributed by atoms with Gasteiger partial charge in [-0.2, -0.15) is 5.10 Å². The largest absolute Gasteiger partial charge is 0.382 e. The van der Waals surface area contributed by atoms with Crippen LogP contribution in [0.3, 0.4) is 0 Å². The van der Waals surface area contributed by atoms with Crippen molar-refractivity contribution in [2.24, 2.45) is 5.92 Å². The van der Waals surface area contributed by atoms with E-state index >= 15 is 0 Å². The zero-order valence-electron chi connectivity index (χ0n) is 17.3. The van der Waals surface area contributed by atoms with Gasteiger partial charge in [0, 0.05) is 47.8 Å². The molecule has 0 saturated carbocycles. The molecule has 0 fully saturated rings. The molecule has 0 spiro atoms. The van der Waals surface area contributed by atoms with Gasteiger partial charge in [-0.25, -0.2) is 9.48 Å². The molecule has 7 heteroatoms. The van der Waals surface area contributed by atoms with E-state index in [1.807, 2.05) is 35.9 Å². The molecule has 2 aromatic heterocycles. The van der Waals surface area contributed by atoms with Gasteiger partial charge in [-0.15, -0.1) is 0 Å². The Labute approximate surface area is 175 Å². The number of aromatic nitrogens is 4.